The zero-order valence-electron chi connectivity index (χ0n) is 27.2. The third kappa shape index (κ3) is 5.03. The Morgan fingerprint density at radius 2 is 1.78 bits per heavy atom. The SMILES string of the molecule is [2H]c1c([2H])c([2H])c([C@H]2CCc3cc(O)c(C)cc3[C@H]2c2ccc(OC(C)CN3CCCC3C)c(C)c2C)c(C)c1[2H]. The number of phenolic OH excluding ortho intramolecular Hbond substituents is 1. The summed E-state index contributed by atoms with van der Waals surface area (Å²) in [7, 11) is 0. The van der Waals surface area contributed by atoms with Gasteiger partial charge in [0.25, 0.3) is 0 Å². The van der Waals surface area contributed by atoms with Gasteiger partial charge in [0.2, 0.25) is 0 Å². The molecule has 3 heteroatoms. The van der Waals surface area contributed by atoms with Crippen LogP contribution in [0.25, 0.3) is 0 Å². The van der Waals surface area contributed by atoms with Crippen LogP contribution in [0.2, 0.25) is 0 Å². The van der Waals surface area contributed by atoms with Gasteiger partial charge in [0.15, 0.2) is 0 Å². The van der Waals surface area contributed by atoms with Crippen LogP contribution < -0.4 is 4.74 Å². The summed E-state index contributed by atoms with van der Waals surface area (Å²) in [5.74, 6) is 0.926. The number of hydrogen-bond donors (Lipinski definition) is 1. The van der Waals surface area contributed by atoms with Gasteiger partial charge in [-0.2, -0.15) is 0 Å². The van der Waals surface area contributed by atoms with Gasteiger partial charge in [0.1, 0.15) is 17.6 Å². The number of fused-ring (bicyclic) bond motifs is 1. The van der Waals surface area contributed by atoms with Crippen molar-refractivity contribution in [3.05, 3.63) is 92.9 Å². The predicted octanol–water partition coefficient (Wildman–Crippen LogP) is 7.74. The lowest BCUT2D eigenvalue weighted by Gasteiger charge is -2.37. The van der Waals surface area contributed by atoms with E-state index in [1.807, 2.05) is 19.9 Å². The van der Waals surface area contributed by atoms with Crippen molar-refractivity contribution in [3.8, 4) is 11.5 Å². The van der Waals surface area contributed by atoms with Gasteiger partial charge < -0.3 is 9.84 Å². The third-order valence-electron chi connectivity index (χ3n) is 8.83. The molecule has 0 radical (unpaired) electrons. The average Bonchev–Trinajstić information content (AvgIpc) is 3.34. The maximum atomic E-state index is 10.5. The molecule has 2 aliphatic rings. The highest BCUT2D eigenvalue weighted by molar-refractivity contribution is 5.55. The maximum Gasteiger partial charge on any atom is 0.122 e. The van der Waals surface area contributed by atoms with Crippen molar-refractivity contribution < 1.29 is 15.3 Å². The van der Waals surface area contributed by atoms with Crippen LogP contribution in [-0.2, 0) is 6.42 Å². The first-order chi connectivity index (χ1) is 19.4. The standard InChI is InChI=1S/C34H43NO2/c1-21-10-7-8-12-28(21)30-14-13-27-19-32(36)22(2)18-31(27)34(30)29-15-16-33(26(6)25(29)5)37-24(4)20-35-17-9-11-23(35)3/h7-8,10,12,15-16,18-19,23-24,30,34,36H,9,11,13-14,17,20H2,1-6H3/t23?,24?,30-,34+/m1/s1/i7D,8D,10D,12D. The van der Waals surface area contributed by atoms with Crippen LogP contribution in [0.5, 0.6) is 11.5 Å². The van der Waals surface area contributed by atoms with Gasteiger partial charge in [0.05, 0.1) is 5.48 Å². The number of hydrogen-bond acceptors (Lipinski definition) is 3. The Hall–Kier alpha value is -2.78. The zero-order valence-corrected chi connectivity index (χ0v) is 23.2. The zero-order chi connectivity index (χ0) is 29.7. The Kier molecular flexibility index (Phi) is 6.03. The Bertz CT molecular complexity index is 1460. The van der Waals surface area contributed by atoms with E-state index in [0.29, 0.717) is 17.2 Å². The van der Waals surface area contributed by atoms with Crippen molar-refractivity contribution in [1.82, 2.24) is 4.90 Å². The molecule has 0 amide bonds. The largest absolute Gasteiger partial charge is 0.508 e. The molecule has 37 heavy (non-hydrogen) atoms. The van der Waals surface area contributed by atoms with Gasteiger partial charge >= 0.3 is 0 Å². The van der Waals surface area contributed by atoms with E-state index in [2.05, 4.69) is 50.8 Å². The molecule has 3 aromatic rings. The number of ether oxygens (including phenoxy) is 1. The van der Waals surface area contributed by atoms with Crippen molar-refractivity contribution in [2.75, 3.05) is 13.1 Å². The van der Waals surface area contributed by atoms with E-state index in [0.717, 1.165) is 65.1 Å². The van der Waals surface area contributed by atoms with Crippen LogP contribution in [0.15, 0.2) is 48.4 Å². The molecule has 0 saturated carbocycles. The number of rotatable bonds is 6. The molecule has 1 saturated heterocycles. The van der Waals surface area contributed by atoms with Gasteiger partial charge in [-0.1, -0.05) is 36.3 Å². The molecule has 196 valence electrons. The fraction of sp³-hybridized carbons (Fsp3) is 0.471. The van der Waals surface area contributed by atoms with Gasteiger partial charge in [-0.05, 0) is 136 Å². The summed E-state index contributed by atoms with van der Waals surface area (Å²) in [6, 6.07) is 8.49. The predicted molar refractivity (Wildman–Crippen MR) is 153 cm³/mol. The molecule has 3 nitrogen and oxygen atoms in total. The van der Waals surface area contributed by atoms with Crippen LogP contribution in [0.3, 0.4) is 0 Å². The quantitative estimate of drug-likeness (QED) is 0.375. The lowest BCUT2D eigenvalue weighted by Crippen LogP contribution is -2.36. The second kappa shape index (κ2) is 10.5. The van der Waals surface area contributed by atoms with Crippen molar-refractivity contribution >= 4 is 0 Å². The summed E-state index contributed by atoms with van der Waals surface area (Å²) in [5, 5.41) is 10.5. The molecule has 1 N–H and O–H groups in total. The van der Waals surface area contributed by atoms with Gasteiger partial charge in [-0.15, -0.1) is 0 Å². The highest BCUT2D eigenvalue weighted by atomic mass is 16.5. The van der Waals surface area contributed by atoms with Crippen LogP contribution in [0, 0.1) is 27.7 Å². The molecule has 1 fully saturated rings. The highest BCUT2D eigenvalue weighted by Gasteiger charge is 2.34. The summed E-state index contributed by atoms with van der Waals surface area (Å²) in [6.07, 6.45) is 4.02. The van der Waals surface area contributed by atoms with E-state index in [9.17, 15) is 5.11 Å². The van der Waals surface area contributed by atoms with Gasteiger partial charge in [0, 0.05) is 18.5 Å². The number of benzene rings is 3. The Morgan fingerprint density at radius 1 is 1.00 bits per heavy atom. The number of aryl methyl sites for hydroxylation is 2. The number of likely N-dealkylation sites (tertiary alicyclic amines) is 1. The Balaban J connectivity index is 1.59. The summed E-state index contributed by atoms with van der Waals surface area (Å²) in [5.41, 5.74) is 7.70. The second-order valence-electron chi connectivity index (χ2n) is 11.3. The van der Waals surface area contributed by atoms with Crippen molar-refractivity contribution in [1.29, 1.82) is 0 Å². The minimum absolute atomic E-state index is 0.0328. The highest BCUT2D eigenvalue weighted by Crippen LogP contribution is 2.49. The molecule has 0 spiro atoms. The molecule has 0 bridgehead atoms. The number of aromatic hydroxyl groups is 1. The number of phenols is 1. The molecule has 1 heterocycles. The minimum Gasteiger partial charge on any atom is -0.508 e. The first kappa shape index (κ1) is 21.2. The molecular weight excluding hydrogens is 454 g/mol. The summed E-state index contributed by atoms with van der Waals surface area (Å²) in [6.45, 7) is 14.4. The molecule has 5 rings (SSSR count). The van der Waals surface area contributed by atoms with Crippen molar-refractivity contribution in [2.24, 2.45) is 0 Å². The van der Waals surface area contributed by atoms with Crippen molar-refractivity contribution in [2.45, 2.75) is 91.2 Å². The van der Waals surface area contributed by atoms with E-state index in [1.54, 1.807) is 0 Å². The normalized spacial score (nSPS) is 24.1. The molecule has 4 atom stereocenters. The van der Waals surface area contributed by atoms with Crippen LogP contribution in [0.1, 0.15) is 94.9 Å². The van der Waals surface area contributed by atoms with Crippen molar-refractivity contribution in [3.63, 3.8) is 0 Å². The van der Waals surface area contributed by atoms with Crippen LogP contribution in [0.4, 0.5) is 0 Å². The van der Waals surface area contributed by atoms with Gasteiger partial charge in [-0.25, -0.2) is 0 Å². The van der Waals surface area contributed by atoms with E-state index >= 15 is 0 Å². The minimum atomic E-state index is -0.184. The van der Waals surface area contributed by atoms with E-state index in [-0.39, 0.29) is 47.9 Å². The first-order valence-electron chi connectivity index (χ1n) is 15.8. The molecule has 1 aliphatic heterocycles. The monoisotopic (exact) mass is 501 g/mol. The molecule has 3 aromatic carbocycles. The van der Waals surface area contributed by atoms with Crippen LogP contribution in [-0.4, -0.2) is 35.2 Å². The Morgan fingerprint density at radius 3 is 2.54 bits per heavy atom. The topological polar surface area (TPSA) is 32.7 Å². The molecule has 0 aromatic heterocycles. The van der Waals surface area contributed by atoms with E-state index in [4.69, 9.17) is 10.2 Å². The fourth-order valence-corrected chi connectivity index (χ4v) is 6.54. The fourth-order valence-electron chi connectivity index (χ4n) is 6.54. The van der Waals surface area contributed by atoms with Gasteiger partial charge in [-0.3, -0.25) is 4.90 Å². The Labute approximate surface area is 229 Å². The van der Waals surface area contributed by atoms with E-state index in [1.165, 1.54) is 12.8 Å². The average molecular weight is 502 g/mol. The lowest BCUT2D eigenvalue weighted by molar-refractivity contribution is 0.141. The smallest absolute Gasteiger partial charge is 0.122 e. The van der Waals surface area contributed by atoms with Crippen LogP contribution >= 0.6 is 0 Å². The summed E-state index contributed by atoms with van der Waals surface area (Å²) < 4.78 is 40.6. The summed E-state index contributed by atoms with van der Waals surface area (Å²) in [4.78, 5) is 2.51. The lowest BCUT2D eigenvalue weighted by atomic mass is 9.67. The molecule has 1 aliphatic carbocycles. The number of nitrogens with zero attached hydrogens (tertiary/aromatic N) is 1. The first-order valence-corrected chi connectivity index (χ1v) is 13.8. The van der Waals surface area contributed by atoms with E-state index < -0.39 is 0 Å². The summed E-state index contributed by atoms with van der Waals surface area (Å²) >= 11 is 0. The third-order valence-corrected chi connectivity index (χ3v) is 8.83. The second-order valence-corrected chi connectivity index (χ2v) is 11.3. The molecule has 2 unspecified atom stereocenters. The molecular formula is C34H43NO2. The maximum absolute atomic E-state index is 10.5.